The fourth-order valence-electron chi connectivity index (χ4n) is 3.32. The Morgan fingerprint density at radius 3 is 2.07 bits per heavy atom. The van der Waals surface area contributed by atoms with Crippen LogP contribution in [0.3, 0.4) is 0 Å². The lowest BCUT2D eigenvalue weighted by molar-refractivity contribution is 0.126. The van der Waals surface area contributed by atoms with Gasteiger partial charge < -0.3 is 14.9 Å². The molecular formula is C22H29NO3S. The van der Waals surface area contributed by atoms with Crippen LogP contribution in [0.25, 0.3) is 0 Å². The van der Waals surface area contributed by atoms with Crippen LogP contribution in [0.4, 0.5) is 0 Å². The summed E-state index contributed by atoms with van der Waals surface area (Å²) in [4.78, 5) is 5.25. The number of thioether (sulfide) groups is 1. The molecule has 0 saturated heterocycles. The van der Waals surface area contributed by atoms with Gasteiger partial charge in [-0.3, -0.25) is 4.98 Å². The fraction of sp³-hybridized carbons (Fsp3) is 0.500. The monoisotopic (exact) mass is 387 g/mol. The lowest BCUT2D eigenvalue weighted by Gasteiger charge is -2.28. The third kappa shape index (κ3) is 3.81. The number of phenolic OH excluding ortho intramolecular Hbond substituents is 1. The largest absolute Gasteiger partial charge is 0.507 e. The number of benzene rings is 1. The molecule has 3 rings (SSSR count). The number of aryl methyl sites for hydroxylation is 1. The van der Waals surface area contributed by atoms with Gasteiger partial charge in [-0.1, -0.05) is 53.3 Å². The molecule has 1 aliphatic rings. The van der Waals surface area contributed by atoms with Gasteiger partial charge >= 0.3 is 0 Å². The number of pyridine rings is 1. The molecule has 0 bridgehead atoms. The van der Waals surface area contributed by atoms with Gasteiger partial charge in [0.25, 0.3) is 0 Å². The van der Waals surface area contributed by atoms with Crippen molar-refractivity contribution in [1.82, 2.24) is 4.98 Å². The molecule has 0 amide bonds. The summed E-state index contributed by atoms with van der Waals surface area (Å²) in [5.74, 6) is 0.586. The predicted octanol–water partition coefficient (Wildman–Crippen LogP) is 5.72. The highest BCUT2D eigenvalue weighted by molar-refractivity contribution is 7.99. The summed E-state index contributed by atoms with van der Waals surface area (Å²) in [5.41, 5.74) is 3.55. The zero-order valence-electron chi connectivity index (χ0n) is 17.2. The van der Waals surface area contributed by atoms with Crippen molar-refractivity contribution in [3.8, 4) is 11.5 Å². The SMILES string of the molecule is Cc1ncc2c(c1O)[C@H](Sc1cc(C(C)(C)C)c(O)c(C(C)(C)C)c1)OC2. The number of fused-ring (bicyclic) bond motifs is 1. The predicted molar refractivity (Wildman–Crippen MR) is 110 cm³/mol. The number of nitrogens with zero attached hydrogens (tertiary/aromatic N) is 1. The number of aromatic nitrogens is 1. The average Bonchev–Trinajstić information content (AvgIpc) is 2.94. The normalized spacial score (nSPS) is 17.2. The van der Waals surface area contributed by atoms with E-state index in [1.165, 1.54) is 0 Å². The first-order chi connectivity index (χ1) is 12.4. The van der Waals surface area contributed by atoms with E-state index in [0.29, 0.717) is 18.1 Å². The smallest absolute Gasteiger partial charge is 0.143 e. The minimum absolute atomic E-state index is 0.183. The molecule has 5 heteroatoms. The summed E-state index contributed by atoms with van der Waals surface area (Å²) in [5, 5.41) is 21.4. The molecule has 1 aliphatic heterocycles. The van der Waals surface area contributed by atoms with Crippen LogP contribution in [0.1, 0.15) is 74.9 Å². The zero-order valence-corrected chi connectivity index (χ0v) is 18.0. The lowest BCUT2D eigenvalue weighted by atomic mass is 9.79. The van der Waals surface area contributed by atoms with Crippen molar-refractivity contribution in [2.75, 3.05) is 0 Å². The summed E-state index contributed by atoms with van der Waals surface area (Å²) in [7, 11) is 0. The van der Waals surface area contributed by atoms with Crippen molar-refractivity contribution in [1.29, 1.82) is 0 Å². The van der Waals surface area contributed by atoms with Crippen molar-refractivity contribution in [3.05, 3.63) is 46.3 Å². The first-order valence-electron chi connectivity index (χ1n) is 9.23. The van der Waals surface area contributed by atoms with Crippen LogP contribution in [0.15, 0.2) is 23.2 Å². The van der Waals surface area contributed by atoms with Crippen LogP contribution >= 0.6 is 11.8 Å². The van der Waals surface area contributed by atoms with E-state index in [1.54, 1.807) is 24.9 Å². The van der Waals surface area contributed by atoms with E-state index >= 15 is 0 Å². The molecule has 146 valence electrons. The highest BCUT2D eigenvalue weighted by atomic mass is 32.2. The molecule has 4 nitrogen and oxygen atoms in total. The van der Waals surface area contributed by atoms with E-state index in [2.05, 4.69) is 46.5 Å². The number of ether oxygens (including phenoxy) is 1. The van der Waals surface area contributed by atoms with Gasteiger partial charge in [-0.15, -0.1) is 0 Å². The number of hydrogen-bond donors (Lipinski definition) is 2. The Balaban J connectivity index is 2.06. The number of aromatic hydroxyl groups is 2. The summed E-state index contributed by atoms with van der Waals surface area (Å²) < 4.78 is 5.94. The van der Waals surface area contributed by atoms with Gasteiger partial charge in [-0.05, 0) is 29.9 Å². The van der Waals surface area contributed by atoms with Crippen molar-refractivity contribution in [3.63, 3.8) is 0 Å². The Labute approximate surface area is 166 Å². The Hall–Kier alpha value is -1.72. The van der Waals surface area contributed by atoms with E-state index in [9.17, 15) is 10.2 Å². The van der Waals surface area contributed by atoms with E-state index in [4.69, 9.17) is 4.74 Å². The van der Waals surface area contributed by atoms with Crippen molar-refractivity contribution in [2.45, 2.75) is 76.2 Å². The molecule has 1 atom stereocenters. The van der Waals surface area contributed by atoms with Crippen LogP contribution in [-0.4, -0.2) is 15.2 Å². The minimum Gasteiger partial charge on any atom is -0.507 e. The highest BCUT2D eigenvalue weighted by Gasteiger charge is 2.31. The molecule has 2 N–H and O–H groups in total. The molecule has 2 aromatic rings. The summed E-state index contributed by atoms with van der Waals surface area (Å²) >= 11 is 1.56. The van der Waals surface area contributed by atoms with Gasteiger partial charge in [-0.25, -0.2) is 0 Å². The number of phenols is 1. The van der Waals surface area contributed by atoms with Crippen LogP contribution in [0.2, 0.25) is 0 Å². The summed E-state index contributed by atoms with van der Waals surface area (Å²) in [6.45, 7) is 14.9. The molecule has 0 radical (unpaired) electrons. The molecule has 0 fully saturated rings. The highest BCUT2D eigenvalue weighted by Crippen LogP contribution is 2.49. The zero-order chi connectivity index (χ0) is 20.1. The third-order valence-corrected chi connectivity index (χ3v) is 6.02. The van der Waals surface area contributed by atoms with Crippen LogP contribution < -0.4 is 0 Å². The molecule has 1 aromatic carbocycles. The Morgan fingerprint density at radius 2 is 1.56 bits per heavy atom. The van der Waals surface area contributed by atoms with Crippen LogP contribution in [-0.2, 0) is 22.2 Å². The lowest BCUT2D eigenvalue weighted by Crippen LogP contribution is -2.17. The molecule has 0 unspecified atom stereocenters. The Bertz CT molecular complexity index is 843. The van der Waals surface area contributed by atoms with Crippen molar-refractivity contribution >= 4 is 11.8 Å². The molecule has 0 aliphatic carbocycles. The fourth-order valence-corrected chi connectivity index (χ4v) is 4.45. The maximum Gasteiger partial charge on any atom is 0.143 e. The maximum atomic E-state index is 10.9. The first kappa shape index (κ1) is 20.0. The number of hydrogen-bond acceptors (Lipinski definition) is 5. The van der Waals surface area contributed by atoms with E-state index in [0.717, 1.165) is 27.1 Å². The second kappa shape index (κ2) is 6.71. The van der Waals surface area contributed by atoms with E-state index < -0.39 is 0 Å². The molecule has 27 heavy (non-hydrogen) atoms. The molecule has 0 saturated carbocycles. The van der Waals surface area contributed by atoms with Gasteiger partial charge in [0, 0.05) is 33.3 Å². The number of rotatable bonds is 2. The van der Waals surface area contributed by atoms with Gasteiger partial charge in [0.2, 0.25) is 0 Å². The average molecular weight is 388 g/mol. The Morgan fingerprint density at radius 1 is 1.00 bits per heavy atom. The maximum absolute atomic E-state index is 10.9. The second-order valence-corrected chi connectivity index (χ2v) is 10.4. The van der Waals surface area contributed by atoms with Crippen molar-refractivity contribution < 1.29 is 14.9 Å². The van der Waals surface area contributed by atoms with Crippen LogP contribution in [0.5, 0.6) is 11.5 Å². The standard InChI is InChI=1S/C22H29NO3S/c1-12-18(24)17-13(10-23-12)11-26-20(17)27-14-8-15(21(2,3)4)19(25)16(9-14)22(5,6)7/h8-10,20,24-25H,11H2,1-7H3/t20-/m0/s1. The van der Waals surface area contributed by atoms with Crippen LogP contribution in [0, 0.1) is 6.92 Å². The summed E-state index contributed by atoms with van der Waals surface area (Å²) in [6, 6.07) is 4.09. The van der Waals surface area contributed by atoms with E-state index in [-0.39, 0.29) is 22.0 Å². The molecule has 0 spiro atoms. The van der Waals surface area contributed by atoms with Gasteiger partial charge in [0.1, 0.15) is 16.9 Å². The van der Waals surface area contributed by atoms with Gasteiger partial charge in [0.15, 0.2) is 0 Å². The molecule has 2 heterocycles. The van der Waals surface area contributed by atoms with Gasteiger partial charge in [-0.2, -0.15) is 0 Å². The third-order valence-electron chi connectivity index (χ3n) is 4.93. The van der Waals surface area contributed by atoms with Crippen molar-refractivity contribution in [2.24, 2.45) is 0 Å². The Kier molecular flexibility index (Phi) is 4.98. The first-order valence-corrected chi connectivity index (χ1v) is 10.1. The van der Waals surface area contributed by atoms with E-state index in [1.807, 2.05) is 12.1 Å². The summed E-state index contributed by atoms with van der Waals surface area (Å²) in [6.07, 6.45) is 1.78. The topological polar surface area (TPSA) is 62.6 Å². The van der Waals surface area contributed by atoms with Gasteiger partial charge in [0.05, 0.1) is 12.3 Å². The second-order valence-electron chi connectivity index (χ2n) is 9.26. The molecule has 1 aromatic heterocycles. The molecular weight excluding hydrogens is 358 g/mol. The minimum atomic E-state index is -0.285. The quantitative estimate of drug-likeness (QED) is 0.690.